The van der Waals surface area contributed by atoms with Gasteiger partial charge in [-0.3, -0.25) is 0 Å². The molecule has 3 aromatic heterocycles. The van der Waals surface area contributed by atoms with Gasteiger partial charge in [0.25, 0.3) is 0 Å². The quantitative estimate of drug-likeness (QED) is 0.123. The molecule has 0 spiro atoms. The van der Waals surface area contributed by atoms with E-state index in [1.807, 2.05) is 82.3 Å². The molecular weight excluding hydrogens is 711 g/mol. The summed E-state index contributed by atoms with van der Waals surface area (Å²) in [4.78, 5) is 33.4. The first-order valence-electron chi connectivity index (χ1n) is 19.3. The van der Waals surface area contributed by atoms with Crippen molar-refractivity contribution in [1.29, 1.82) is 0 Å². The molecule has 0 radical (unpaired) electrons. The Morgan fingerprint density at radius 2 is 1.54 bits per heavy atom. The van der Waals surface area contributed by atoms with Gasteiger partial charge in [0.2, 0.25) is 5.95 Å². The van der Waals surface area contributed by atoms with Crippen molar-refractivity contribution in [2.24, 2.45) is 0 Å². The van der Waals surface area contributed by atoms with E-state index < -0.39 is 11.7 Å². The highest BCUT2D eigenvalue weighted by Gasteiger charge is 2.28. The summed E-state index contributed by atoms with van der Waals surface area (Å²) in [5, 5.41) is 20.4. The maximum absolute atomic E-state index is 12.6. The van der Waals surface area contributed by atoms with Crippen LogP contribution in [0.2, 0.25) is 0 Å². The molecular formula is C42H55N9O5. The van der Waals surface area contributed by atoms with E-state index in [9.17, 15) is 9.90 Å². The maximum Gasteiger partial charge on any atom is 0.410 e. The molecule has 56 heavy (non-hydrogen) atoms. The predicted molar refractivity (Wildman–Crippen MR) is 218 cm³/mol. The van der Waals surface area contributed by atoms with Crippen molar-refractivity contribution < 1.29 is 24.1 Å². The number of aliphatic hydroxyl groups is 1. The van der Waals surface area contributed by atoms with Crippen LogP contribution in [0.1, 0.15) is 81.5 Å². The molecule has 0 saturated carbocycles. The third-order valence-corrected chi connectivity index (χ3v) is 9.73. The first-order valence-corrected chi connectivity index (χ1v) is 19.3. The van der Waals surface area contributed by atoms with Crippen molar-refractivity contribution in [1.82, 2.24) is 29.5 Å². The molecule has 4 heterocycles. The van der Waals surface area contributed by atoms with Gasteiger partial charge >= 0.3 is 6.09 Å². The van der Waals surface area contributed by atoms with Gasteiger partial charge in [-0.15, -0.1) is 5.10 Å². The number of fused-ring (bicyclic) bond motifs is 1. The lowest BCUT2D eigenvalue weighted by Crippen LogP contribution is -2.50. The van der Waals surface area contributed by atoms with E-state index in [0.717, 1.165) is 46.8 Å². The van der Waals surface area contributed by atoms with Crippen LogP contribution in [-0.4, -0.2) is 92.7 Å². The van der Waals surface area contributed by atoms with Crippen LogP contribution in [0.3, 0.4) is 0 Å². The van der Waals surface area contributed by atoms with Gasteiger partial charge in [0.1, 0.15) is 29.0 Å². The Morgan fingerprint density at radius 3 is 2.07 bits per heavy atom. The second kappa shape index (κ2) is 17.4. The molecule has 14 heteroatoms. The highest BCUT2D eigenvalue weighted by molar-refractivity contribution is 5.69. The van der Waals surface area contributed by atoms with Crippen LogP contribution in [0.25, 0.3) is 5.65 Å². The van der Waals surface area contributed by atoms with Crippen LogP contribution >= 0.6 is 0 Å². The fourth-order valence-electron chi connectivity index (χ4n) is 6.85. The number of ether oxygens (including phenoxy) is 3. The van der Waals surface area contributed by atoms with Crippen LogP contribution in [0.5, 0.6) is 11.5 Å². The topological polar surface area (TPSA) is 143 Å². The summed E-state index contributed by atoms with van der Waals surface area (Å²) in [6, 6.07) is 18.0. The Labute approximate surface area is 329 Å². The lowest BCUT2D eigenvalue weighted by Gasteiger charge is -2.36. The van der Waals surface area contributed by atoms with Crippen LogP contribution in [0.15, 0.2) is 67.0 Å². The van der Waals surface area contributed by atoms with Crippen LogP contribution in [0.4, 0.5) is 22.4 Å². The molecule has 0 aliphatic carbocycles. The molecule has 1 amide bonds. The van der Waals surface area contributed by atoms with E-state index in [2.05, 4.69) is 29.0 Å². The number of rotatable bonds is 14. The zero-order chi connectivity index (χ0) is 40.0. The van der Waals surface area contributed by atoms with Crippen molar-refractivity contribution in [3.05, 3.63) is 94.9 Å². The smallest absolute Gasteiger partial charge is 0.410 e. The van der Waals surface area contributed by atoms with E-state index >= 15 is 0 Å². The molecule has 5 aromatic rings. The highest BCUT2D eigenvalue weighted by atomic mass is 16.6. The molecule has 6 rings (SSSR count). The summed E-state index contributed by atoms with van der Waals surface area (Å²) in [6.45, 7) is 15.2. The summed E-state index contributed by atoms with van der Waals surface area (Å²) < 4.78 is 18.1. The number of methoxy groups -OCH3 is 2. The number of hydrogen-bond acceptors (Lipinski definition) is 12. The average molecular weight is 766 g/mol. The lowest BCUT2D eigenvalue weighted by atomic mass is 10.1. The molecule has 2 atom stereocenters. The number of aliphatic hydroxyl groups excluding tert-OH is 1. The Balaban J connectivity index is 1.32. The van der Waals surface area contributed by atoms with Crippen LogP contribution in [0, 0.1) is 6.92 Å². The zero-order valence-electron chi connectivity index (χ0n) is 33.8. The predicted octanol–water partition coefficient (Wildman–Crippen LogP) is 6.79. The summed E-state index contributed by atoms with van der Waals surface area (Å²) >= 11 is 0. The Bertz CT molecular complexity index is 2020. The number of carbonyl (C=O) groups is 1. The van der Waals surface area contributed by atoms with Crippen molar-refractivity contribution in [2.75, 3.05) is 55.5 Å². The van der Waals surface area contributed by atoms with Gasteiger partial charge in [-0.1, -0.05) is 37.6 Å². The Hall–Kier alpha value is -5.63. The van der Waals surface area contributed by atoms with Gasteiger partial charge in [-0.25, -0.2) is 19.3 Å². The number of imidazole rings is 1. The fraction of sp³-hybridized carbons (Fsp3) is 0.452. The summed E-state index contributed by atoms with van der Waals surface area (Å²) in [7, 11) is 3.31. The number of benzene rings is 2. The first-order chi connectivity index (χ1) is 26.8. The summed E-state index contributed by atoms with van der Waals surface area (Å²) in [5.74, 6) is 3.43. The number of piperazine rings is 1. The fourth-order valence-corrected chi connectivity index (χ4v) is 6.85. The van der Waals surface area contributed by atoms with E-state index in [4.69, 9.17) is 34.3 Å². The molecule has 1 fully saturated rings. The molecule has 1 saturated heterocycles. The summed E-state index contributed by atoms with van der Waals surface area (Å²) in [6.07, 6.45) is 3.93. The standard InChI is InChI=1S/C42H55N9O5/c1-9-10-29(3)45-40-46-39(50(26-30-11-15-33(54-7)16-12-30)27-31-13-17-34(55-8)18-14-31)38-44-25-35(51(38)47-40)36(52)32-23-28(2)37(43-24-32)48-19-21-49(22-20-48)41(53)56-42(4,5)6/h11-18,23-25,29,36,52H,9-10,19-22,26-27H2,1-8H3,(H,45,47). The minimum Gasteiger partial charge on any atom is -0.497 e. The number of hydrogen-bond donors (Lipinski definition) is 2. The average Bonchev–Trinajstić information content (AvgIpc) is 3.61. The largest absolute Gasteiger partial charge is 0.497 e. The molecule has 2 N–H and O–H groups in total. The van der Waals surface area contributed by atoms with Crippen LogP contribution in [-0.2, 0) is 17.8 Å². The molecule has 298 valence electrons. The number of nitrogens with one attached hydrogen (secondary N) is 1. The minimum absolute atomic E-state index is 0.115. The molecule has 2 unspecified atom stereocenters. The maximum atomic E-state index is 12.6. The number of carbonyl (C=O) groups excluding carboxylic acids is 1. The third-order valence-electron chi connectivity index (χ3n) is 9.73. The normalized spacial score (nSPS) is 14.4. The molecule has 1 aliphatic rings. The molecule has 0 bridgehead atoms. The monoisotopic (exact) mass is 765 g/mol. The number of aromatic nitrogens is 5. The molecule has 2 aromatic carbocycles. The van der Waals surface area contributed by atoms with Gasteiger partial charge in [-0.05, 0) is 88.1 Å². The lowest BCUT2D eigenvalue weighted by molar-refractivity contribution is 0.0240. The number of aryl methyl sites for hydroxylation is 1. The number of pyridine rings is 1. The van der Waals surface area contributed by atoms with E-state index in [1.54, 1.807) is 36.0 Å². The molecule has 1 aliphatic heterocycles. The van der Waals surface area contributed by atoms with Gasteiger partial charge in [0.15, 0.2) is 11.5 Å². The van der Waals surface area contributed by atoms with Crippen LogP contribution < -0.4 is 24.6 Å². The first kappa shape index (κ1) is 40.0. The minimum atomic E-state index is -1.07. The van der Waals surface area contributed by atoms with E-state index in [0.29, 0.717) is 67.9 Å². The van der Waals surface area contributed by atoms with Crippen molar-refractivity contribution in [2.45, 2.75) is 85.2 Å². The highest BCUT2D eigenvalue weighted by Crippen LogP contribution is 2.31. The Kier molecular flexibility index (Phi) is 12.5. The van der Waals surface area contributed by atoms with E-state index in [-0.39, 0.29) is 12.1 Å². The second-order valence-electron chi connectivity index (χ2n) is 15.3. The van der Waals surface area contributed by atoms with Gasteiger partial charge < -0.3 is 39.3 Å². The van der Waals surface area contributed by atoms with Crippen molar-refractivity contribution in [3.63, 3.8) is 0 Å². The number of nitrogens with zero attached hydrogens (tertiary/aromatic N) is 8. The van der Waals surface area contributed by atoms with Gasteiger partial charge in [-0.2, -0.15) is 4.98 Å². The van der Waals surface area contributed by atoms with E-state index in [1.165, 1.54) is 0 Å². The number of amides is 1. The van der Waals surface area contributed by atoms with Gasteiger partial charge in [0, 0.05) is 57.1 Å². The summed E-state index contributed by atoms with van der Waals surface area (Å²) in [5.41, 5.74) is 4.11. The number of anilines is 3. The molecule has 14 nitrogen and oxygen atoms in total. The zero-order valence-corrected chi connectivity index (χ0v) is 33.8. The SMILES string of the molecule is CCCC(C)Nc1nc(N(Cc2ccc(OC)cc2)Cc2ccc(OC)cc2)c2ncc(C(O)c3cnc(N4CCN(C(=O)OC(C)(C)C)CC4)c(C)c3)n2n1. The second-order valence-corrected chi connectivity index (χ2v) is 15.3. The van der Waals surface area contributed by atoms with Crippen molar-refractivity contribution >= 4 is 29.3 Å². The third kappa shape index (κ3) is 9.59. The Morgan fingerprint density at radius 1 is 0.929 bits per heavy atom. The van der Waals surface area contributed by atoms with Crippen molar-refractivity contribution in [3.8, 4) is 11.5 Å². The van der Waals surface area contributed by atoms with Gasteiger partial charge in [0.05, 0.1) is 26.1 Å².